The lowest BCUT2D eigenvalue weighted by atomic mass is 10.1. The van der Waals surface area contributed by atoms with Gasteiger partial charge in [-0.05, 0) is 18.2 Å². The second-order valence-electron chi connectivity index (χ2n) is 4.84. The lowest BCUT2D eigenvalue weighted by Crippen LogP contribution is -2.36. The topological polar surface area (TPSA) is 179 Å². The third-order valence-corrected chi connectivity index (χ3v) is 3.53. The molecule has 0 atom stereocenters. The van der Waals surface area contributed by atoms with Crippen LogP contribution in [0.4, 0.5) is 13.2 Å². The third-order valence-electron chi connectivity index (χ3n) is 3.14. The average molecular weight is 398 g/mol. The summed E-state index contributed by atoms with van der Waals surface area (Å²) in [5.74, 6) is -2.34. The van der Waals surface area contributed by atoms with Gasteiger partial charge in [0.1, 0.15) is 5.69 Å². The van der Waals surface area contributed by atoms with E-state index < -0.39 is 50.7 Å². The van der Waals surface area contributed by atoms with Crippen molar-refractivity contribution in [3.63, 3.8) is 0 Å². The van der Waals surface area contributed by atoms with Crippen molar-refractivity contribution in [1.82, 2.24) is 9.88 Å². The summed E-state index contributed by atoms with van der Waals surface area (Å²) in [6.45, 7) is 0. The van der Waals surface area contributed by atoms with Crippen LogP contribution in [0.25, 0.3) is 10.9 Å². The van der Waals surface area contributed by atoms with Crippen LogP contribution in [-0.4, -0.2) is 34.9 Å². The number of amides is 1. The molecule has 1 heterocycles. The summed E-state index contributed by atoms with van der Waals surface area (Å²) in [7, 11) is -3.84. The molecule has 26 heavy (non-hydrogen) atoms. The Kier molecular flexibility index (Phi) is 5.56. The molecule has 0 unspecified atom stereocenters. The Morgan fingerprint density at radius 3 is 2.42 bits per heavy atom. The summed E-state index contributed by atoms with van der Waals surface area (Å²) in [6, 6.07) is 2.09. The first-order chi connectivity index (χ1) is 11.3. The molecule has 2 aromatic rings. The number of aromatic nitrogens is 1. The number of fused-ring (bicyclic) bond motifs is 1. The molecule has 144 valence electrons. The van der Waals surface area contributed by atoms with Crippen molar-refractivity contribution >= 4 is 33.2 Å². The van der Waals surface area contributed by atoms with Crippen molar-refractivity contribution in [3.8, 4) is 5.75 Å². The monoisotopic (exact) mass is 398 g/mol. The van der Waals surface area contributed by atoms with Crippen molar-refractivity contribution in [2.24, 2.45) is 12.8 Å². The molecule has 1 amide bonds. The van der Waals surface area contributed by atoms with E-state index >= 15 is 0 Å². The number of benzene rings is 1. The van der Waals surface area contributed by atoms with Crippen LogP contribution in [0.15, 0.2) is 18.2 Å². The van der Waals surface area contributed by atoms with Gasteiger partial charge >= 0.3 is 16.6 Å². The molecule has 0 radical (unpaired) electrons. The molecule has 0 aliphatic rings. The van der Waals surface area contributed by atoms with Crippen molar-refractivity contribution in [2.45, 2.75) is 6.18 Å². The van der Waals surface area contributed by atoms with Gasteiger partial charge in [-0.25, -0.2) is 0 Å². The molecule has 0 spiro atoms. The molecule has 0 saturated heterocycles. The molecular weight excluding hydrogens is 385 g/mol. The first-order valence-corrected chi connectivity index (χ1v) is 7.69. The maximum atomic E-state index is 13.2. The predicted molar refractivity (Wildman–Crippen MR) is 83.1 cm³/mol. The normalized spacial score (nSPS) is 11.7. The Balaban J connectivity index is 0.00000338. The summed E-state index contributed by atoms with van der Waals surface area (Å²) in [5, 5.41) is 8.36. The number of aryl methyl sites for hydroxylation is 1. The highest BCUT2D eigenvalue weighted by molar-refractivity contribution is 7.81. The number of nitrogens with zero attached hydrogens (tertiary/aromatic N) is 1. The summed E-state index contributed by atoms with van der Waals surface area (Å²) in [4.78, 5) is 12.0. The van der Waals surface area contributed by atoms with E-state index in [0.29, 0.717) is 12.1 Å². The van der Waals surface area contributed by atoms with Gasteiger partial charge in [0.25, 0.3) is 5.91 Å². The number of nitrogens with two attached hydrogens (primary N) is 1. The molecule has 1 aromatic carbocycles. The third kappa shape index (κ3) is 4.22. The fourth-order valence-electron chi connectivity index (χ4n) is 2.27. The van der Waals surface area contributed by atoms with Crippen LogP contribution in [0.5, 0.6) is 5.75 Å². The minimum atomic E-state index is -5.01. The largest absolute Gasteiger partial charge is 0.446 e. The van der Waals surface area contributed by atoms with Gasteiger partial charge in [0.2, 0.25) is 0 Å². The van der Waals surface area contributed by atoms with Gasteiger partial charge in [-0.3, -0.25) is 20.1 Å². The number of carbonyl (C=O) groups is 1. The van der Waals surface area contributed by atoms with Crippen LogP contribution >= 0.6 is 0 Å². The molecule has 14 heteroatoms. The van der Waals surface area contributed by atoms with Gasteiger partial charge in [-0.2, -0.15) is 21.6 Å². The molecule has 10 nitrogen and oxygen atoms in total. The Morgan fingerprint density at radius 1 is 1.38 bits per heavy atom. The second kappa shape index (κ2) is 6.81. The van der Waals surface area contributed by atoms with E-state index in [1.54, 1.807) is 0 Å². The smallest absolute Gasteiger partial charge is 0.412 e. The van der Waals surface area contributed by atoms with Gasteiger partial charge < -0.3 is 20.0 Å². The number of rotatable bonds is 3. The zero-order valence-corrected chi connectivity index (χ0v) is 13.7. The highest BCUT2D eigenvalue weighted by Gasteiger charge is 2.35. The van der Waals surface area contributed by atoms with E-state index in [1.807, 2.05) is 5.32 Å². The van der Waals surface area contributed by atoms with Gasteiger partial charge in [-0.1, -0.05) is 0 Å². The number of nitrogens with one attached hydrogen (secondary N) is 2. The van der Waals surface area contributed by atoms with E-state index in [1.165, 1.54) is 7.05 Å². The quantitative estimate of drug-likeness (QED) is 0.325. The number of alkyl halides is 3. The Hall–Kier alpha value is -2.84. The van der Waals surface area contributed by atoms with E-state index in [0.717, 1.165) is 10.6 Å². The van der Waals surface area contributed by atoms with E-state index in [4.69, 9.17) is 15.7 Å². The minimum absolute atomic E-state index is 0. The van der Waals surface area contributed by atoms with Crippen LogP contribution in [0.3, 0.4) is 0 Å². The highest BCUT2D eigenvalue weighted by atomic mass is 32.3. The van der Waals surface area contributed by atoms with Gasteiger partial charge in [0, 0.05) is 12.4 Å². The minimum Gasteiger partial charge on any atom is -0.412 e. The molecule has 1 aromatic heterocycles. The molecule has 0 aliphatic heterocycles. The van der Waals surface area contributed by atoms with E-state index in [-0.39, 0.29) is 11.2 Å². The van der Waals surface area contributed by atoms with Gasteiger partial charge in [0.05, 0.1) is 11.1 Å². The molecule has 0 bridgehead atoms. The lowest BCUT2D eigenvalue weighted by Gasteiger charge is -2.11. The molecule has 7 N–H and O–H groups in total. The van der Waals surface area contributed by atoms with Crippen LogP contribution in [0.1, 0.15) is 16.1 Å². The highest BCUT2D eigenvalue weighted by Crippen LogP contribution is 2.39. The first kappa shape index (κ1) is 21.2. The average Bonchev–Trinajstić information content (AvgIpc) is 2.73. The first-order valence-electron chi connectivity index (χ1n) is 6.33. The molecule has 2 rings (SSSR count). The standard InChI is InChI=1S/C12H11F3N4O5S.H2O/c1-19-7(10(20)18-11(16)17)4-5-6(12(13,14)15)2-3-8(9(5)19)24-25(21,22)23;/h2-4H,1H3,(H,21,22,23)(H4,16,17,18,20);1H2. The summed E-state index contributed by atoms with van der Waals surface area (Å²) in [5.41, 5.74) is 3.12. The lowest BCUT2D eigenvalue weighted by molar-refractivity contribution is -0.136. The van der Waals surface area contributed by atoms with E-state index in [9.17, 15) is 26.4 Å². The number of guanidine groups is 1. The zero-order valence-electron chi connectivity index (χ0n) is 12.9. The van der Waals surface area contributed by atoms with Crippen LogP contribution in [0, 0.1) is 5.41 Å². The van der Waals surface area contributed by atoms with Gasteiger partial charge in [-0.15, -0.1) is 0 Å². The number of hydrogen-bond acceptors (Lipinski definition) is 5. The maximum absolute atomic E-state index is 13.2. The number of carbonyl (C=O) groups excluding carboxylic acids is 1. The summed E-state index contributed by atoms with van der Waals surface area (Å²) < 4.78 is 75.3. The molecule has 0 saturated carbocycles. The number of halogens is 3. The Labute approximate surface area is 144 Å². The Morgan fingerprint density at radius 2 is 1.96 bits per heavy atom. The molecular formula is C12H13F3N4O6S. The summed E-state index contributed by atoms with van der Waals surface area (Å²) in [6.07, 6.45) is -4.80. The Bertz CT molecular complexity index is 983. The fourth-order valence-corrected chi connectivity index (χ4v) is 2.63. The van der Waals surface area contributed by atoms with Crippen LogP contribution in [0.2, 0.25) is 0 Å². The van der Waals surface area contributed by atoms with Crippen LogP contribution in [-0.2, 0) is 23.6 Å². The van der Waals surface area contributed by atoms with Crippen molar-refractivity contribution in [3.05, 3.63) is 29.5 Å². The molecule has 0 fully saturated rings. The molecule has 0 aliphatic carbocycles. The van der Waals surface area contributed by atoms with E-state index in [2.05, 4.69) is 4.18 Å². The van der Waals surface area contributed by atoms with Crippen molar-refractivity contribution < 1.29 is 40.6 Å². The summed E-state index contributed by atoms with van der Waals surface area (Å²) >= 11 is 0. The fraction of sp³-hybridized carbons (Fsp3) is 0.167. The van der Waals surface area contributed by atoms with Crippen molar-refractivity contribution in [1.29, 1.82) is 5.41 Å². The zero-order chi connectivity index (χ0) is 19.2. The van der Waals surface area contributed by atoms with Crippen molar-refractivity contribution in [2.75, 3.05) is 0 Å². The predicted octanol–water partition coefficient (Wildman–Crippen LogP) is 0.177. The number of hydrogen-bond donors (Lipinski definition) is 4. The SMILES string of the molecule is Cn1c(C(=O)NC(=N)N)cc2c(C(F)(F)F)ccc(OS(=O)(=O)O)c21.O. The van der Waals surface area contributed by atoms with Crippen LogP contribution < -0.4 is 15.2 Å². The van der Waals surface area contributed by atoms with Gasteiger partial charge in [0.15, 0.2) is 11.7 Å². The second-order valence-corrected chi connectivity index (χ2v) is 5.86. The maximum Gasteiger partial charge on any atom is 0.446 e.